The third kappa shape index (κ3) is 5.89. The van der Waals surface area contributed by atoms with Crippen LogP contribution in [0.3, 0.4) is 0 Å². The summed E-state index contributed by atoms with van der Waals surface area (Å²) in [5.74, 6) is 0.524. The zero-order chi connectivity index (χ0) is 17.7. The number of ether oxygens (including phenoxy) is 1. The van der Waals surface area contributed by atoms with Crippen LogP contribution in [-0.2, 0) is 14.8 Å². The molecule has 2 aliphatic rings. The predicted molar refractivity (Wildman–Crippen MR) is 93.4 cm³/mol. The number of hydrogen-bond acceptors (Lipinski definition) is 4. The van der Waals surface area contributed by atoms with Crippen LogP contribution in [0.4, 0.5) is 4.79 Å². The van der Waals surface area contributed by atoms with E-state index in [0.717, 1.165) is 32.3 Å². The van der Waals surface area contributed by atoms with E-state index in [1.54, 1.807) is 0 Å². The van der Waals surface area contributed by atoms with Gasteiger partial charge < -0.3 is 15.0 Å². The van der Waals surface area contributed by atoms with Gasteiger partial charge in [-0.05, 0) is 31.6 Å². The third-order valence-electron chi connectivity index (χ3n) is 4.58. The normalized spacial score (nSPS) is 24.3. The van der Waals surface area contributed by atoms with Gasteiger partial charge in [0, 0.05) is 38.8 Å². The Bertz CT molecular complexity index is 515. The molecule has 8 heteroatoms. The van der Waals surface area contributed by atoms with Crippen molar-refractivity contribution in [3.05, 3.63) is 0 Å². The predicted octanol–water partition coefficient (Wildman–Crippen LogP) is 1.26. The molecule has 0 spiro atoms. The van der Waals surface area contributed by atoms with Crippen molar-refractivity contribution >= 4 is 16.1 Å². The van der Waals surface area contributed by atoms with Crippen LogP contribution in [0.5, 0.6) is 0 Å². The number of carbonyl (C=O) groups is 1. The summed E-state index contributed by atoms with van der Waals surface area (Å²) in [4.78, 5) is 14.2. The average molecular weight is 362 g/mol. The highest BCUT2D eigenvalue weighted by atomic mass is 32.2. The molecule has 0 aromatic heterocycles. The van der Waals surface area contributed by atoms with Crippen molar-refractivity contribution in [3.8, 4) is 0 Å². The Morgan fingerprint density at radius 2 is 1.88 bits per heavy atom. The summed E-state index contributed by atoms with van der Waals surface area (Å²) in [6, 6.07) is -0.187. The maximum Gasteiger partial charge on any atom is 0.317 e. The topological polar surface area (TPSA) is 79.0 Å². The Balaban J connectivity index is 1.75. The van der Waals surface area contributed by atoms with Crippen molar-refractivity contribution in [2.75, 3.05) is 39.0 Å². The molecule has 0 aliphatic carbocycles. The summed E-state index contributed by atoms with van der Waals surface area (Å²) >= 11 is 0. The van der Waals surface area contributed by atoms with E-state index in [1.165, 1.54) is 10.6 Å². The van der Waals surface area contributed by atoms with Gasteiger partial charge in [-0.1, -0.05) is 13.8 Å². The third-order valence-corrected chi connectivity index (χ3v) is 5.84. The van der Waals surface area contributed by atoms with E-state index in [9.17, 15) is 13.2 Å². The molecule has 2 heterocycles. The Labute approximate surface area is 145 Å². The zero-order valence-corrected chi connectivity index (χ0v) is 15.8. The molecule has 2 amide bonds. The number of carbonyl (C=O) groups excluding carboxylic acids is 1. The molecule has 0 aromatic carbocycles. The molecule has 0 saturated carbocycles. The van der Waals surface area contributed by atoms with Crippen LogP contribution in [-0.4, -0.2) is 74.8 Å². The Morgan fingerprint density at radius 1 is 1.21 bits per heavy atom. The van der Waals surface area contributed by atoms with Gasteiger partial charge in [0.15, 0.2) is 0 Å². The molecule has 0 aromatic rings. The maximum atomic E-state index is 12.4. The van der Waals surface area contributed by atoms with E-state index in [2.05, 4.69) is 19.2 Å². The molecule has 24 heavy (non-hydrogen) atoms. The van der Waals surface area contributed by atoms with Crippen LogP contribution >= 0.6 is 0 Å². The van der Waals surface area contributed by atoms with Gasteiger partial charge in [-0.2, -0.15) is 0 Å². The number of piperidine rings is 2. The van der Waals surface area contributed by atoms with Gasteiger partial charge in [-0.25, -0.2) is 17.5 Å². The number of amides is 2. The minimum atomic E-state index is -3.19. The van der Waals surface area contributed by atoms with E-state index in [-0.39, 0.29) is 18.2 Å². The molecule has 0 bridgehead atoms. The number of nitrogens with one attached hydrogen (secondary N) is 1. The standard InChI is InChI=1S/C16H31N3O4S/c1-13(2)12-23-15-6-9-18(10-7-15)16(20)17-14-5-4-8-19(11-14)24(3,21)22/h13-15H,4-12H2,1-3H3,(H,17,20). The van der Waals surface area contributed by atoms with Crippen LogP contribution < -0.4 is 5.32 Å². The van der Waals surface area contributed by atoms with Crippen LogP contribution in [0.1, 0.15) is 39.5 Å². The van der Waals surface area contributed by atoms with Crippen molar-refractivity contribution in [1.82, 2.24) is 14.5 Å². The SMILES string of the molecule is CC(C)COC1CCN(C(=O)NC2CCCN(S(C)(=O)=O)C2)CC1. The number of urea groups is 1. The lowest BCUT2D eigenvalue weighted by Crippen LogP contribution is -2.54. The number of hydrogen-bond donors (Lipinski definition) is 1. The van der Waals surface area contributed by atoms with Crippen LogP contribution in [0.25, 0.3) is 0 Å². The summed E-state index contributed by atoms with van der Waals surface area (Å²) in [5, 5.41) is 3.00. The summed E-state index contributed by atoms with van der Waals surface area (Å²) in [6.45, 7) is 7.33. The molecule has 1 N–H and O–H groups in total. The molecule has 2 fully saturated rings. The first-order valence-electron chi connectivity index (χ1n) is 8.88. The number of nitrogens with zero attached hydrogens (tertiary/aromatic N) is 2. The molecule has 7 nitrogen and oxygen atoms in total. The number of sulfonamides is 1. The number of rotatable bonds is 5. The van der Waals surface area contributed by atoms with Gasteiger partial charge >= 0.3 is 6.03 Å². The molecule has 0 radical (unpaired) electrons. The fraction of sp³-hybridized carbons (Fsp3) is 0.938. The molecule has 2 saturated heterocycles. The number of likely N-dealkylation sites (tertiary alicyclic amines) is 1. The van der Waals surface area contributed by atoms with Crippen molar-refractivity contribution in [3.63, 3.8) is 0 Å². The maximum absolute atomic E-state index is 12.4. The molecular weight excluding hydrogens is 330 g/mol. The monoisotopic (exact) mass is 361 g/mol. The fourth-order valence-corrected chi connectivity index (χ4v) is 4.09. The van der Waals surface area contributed by atoms with Gasteiger partial charge in [0.2, 0.25) is 10.0 Å². The fourth-order valence-electron chi connectivity index (χ4n) is 3.18. The molecule has 1 unspecified atom stereocenters. The first-order chi connectivity index (χ1) is 11.3. The van der Waals surface area contributed by atoms with Crippen molar-refractivity contribution in [2.45, 2.75) is 51.7 Å². The Kier molecular flexibility index (Phi) is 6.88. The summed E-state index contributed by atoms with van der Waals surface area (Å²) < 4.78 is 30.6. The quantitative estimate of drug-likeness (QED) is 0.799. The molecular formula is C16H31N3O4S. The minimum absolute atomic E-state index is 0.0855. The molecule has 2 aliphatic heterocycles. The smallest absolute Gasteiger partial charge is 0.317 e. The molecule has 2 rings (SSSR count). The van der Waals surface area contributed by atoms with Crippen molar-refractivity contribution in [2.24, 2.45) is 5.92 Å². The summed E-state index contributed by atoms with van der Waals surface area (Å²) in [5.41, 5.74) is 0. The molecule has 140 valence electrons. The van der Waals surface area contributed by atoms with E-state index in [1.807, 2.05) is 4.90 Å². The first-order valence-corrected chi connectivity index (χ1v) is 10.7. The zero-order valence-electron chi connectivity index (χ0n) is 15.0. The van der Waals surface area contributed by atoms with Gasteiger partial charge in [0.1, 0.15) is 0 Å². The lowest BCUT2D eigenvalue weighted by atomic mass is 10.1. The van der Waals surface area contributed by atoms with Crippen LogP contribution in [0.2, 0.25) is 0 Å². The first kappa shape index (κ1) is 19.5. The van der Waals surface area contributed by atoms with Crippen LogP contribution in [0, 0.1) is 5.92 Å². The van der Waals surface area contributed by atoms with E-state index in [0.29, 0.717) is 32.1 Å². The van der Waals surface area contributed by atoms with Crippen molar-refractivity contribution < 1.29 is 17.9 Å². The van der Waals surface area contributed by atoms with Gasteiger partial charge in [0.25, 0.3) is 0 Å². The van der Waals surface area contributed by atoms with Gasteiger partial charge in [0.05, 0.1) is 12.4 Å². The summed E-state index contributed by atoms with van der Waals surface area (Å²) in [7, 11) is -3.19. The lowest BCUT2D eigenvalue weighted by Gasteiger charge is -2.35. The highest BCUT2D eigenvalue weighted by molar-refractivity contribution is 7.88. The van der Waals surface area contributed by atoms with E-state index < -0.39 is 10.0 Å². The lowest BCUT2D eigenvalue weighted by molar-refractivity contribution is 0.00186. The second-order valence-electron chi connectivity index (χ2n) is 7.32. The van der Waals surface area contributed by atoms with E-state index in [4.69, 9.17) is 4.74 Å². The Morgan fingerprint density at radius 3 is 2.46 bits per heavy atom. The molecule has 1 atom stereocenters. The summed E-state index contributed by atoms with van der Waals surface area (Å²) in [6.07, 6.45) is 4.79. The van der Waals surface area contributed by atoms with Gasteiger partial charge in [-0.3, -0.25) is 0 Å². The Hall–Kier alpha value is -0.860. The second kappa shape index (κ2) is 8.49. The van der Waals surface area contributed by atoms with E-state index >= 15 is 0 Å². The minimum Gasteiger partial charge on any atom is -0.378 e. The van der Waals surface area contributed by atoms with Gasteiger partial charge in [-0.15, -0.1) is 0 Å². The van der Waals surface area contributed by atoms with Crippen molar-refractivity contribution in [1.29, 1.82) is 0 Å². The second-order valence-corrected chi connectivity index (χ2v) is 9.31. The van der Waals surface area contributed by atoms with Crippen LogP contribution in [0.15, 0.2) is 0 Å². The highest BCUT2D eigenvalue weighted by Gasteiger charge is 2.29. The largest absolute Gasteiger partial charge is 0.378 e. The highest BCUT2D eigenvalue weighted by Crippen LogP contribution is 2.17. The average Bonchev–Trinajstić information content (AvgIpc) is 2.53.